The zero-order valence-corrected chi connectivity index (χ0v) is 28.3. The first-order valence-electron chi connectivity index (χ1n) is 16.2. The third-order valence-electron chi connectivity index (χ3n) is 9.21. The molecule has 0 bridgehead atoms. The van der Waals surface area contributed by atoms with E-state index in [2.05, 4.69) is 22.1 Å². The number of anilines is 1. The summed E-state index contributed by atoms with van der Waals surface area (Å²) < 4.78 is 12.9. The number of hydrogen-bond acceptors (Lipinski definition) is 11. The fourth-order valence-electron chi connectivity index (χ4n) is 6.63. The quantitative estimate of drug-likeness (QED) is 0.145. The molecule has 2 aromatic heterocycles. The Labute approximate surface area is 288 Å². The minimum absolute atomic E-state index is 0. The maximum Gasteiger partial charge on any atom is 0.355 e. The maximum atomic E-state index is 14.1. The molecule has 0 aliphatic carbocycles. The lowest BCUT2D eigenvalue weighted by Crippen LogP contribution is -2.48. The first-order valence-corrected chi connectivity index (χ1v) is 16.2. The van der Waals surface area contributed by atoms with Gasteiger partial charge in [-0.1, -0.05) is 32.8 Å². The number of hydrogen-bond donors (Lipinski definition) is 3. The van der Waals surface area contributed by atoms with Crippen molar-refractivity contribution in [1.82, 2.24) is 14.9 Å². The number of aliphatic carboxylic acids is 1. The van der Waals surface area contributed by atoms with Crippen LogP contribution in [0.3, 0.4) is 0 Å². The number of ether oxygens (including phenoxy) is 2. The molecule has 1 aromatic carbocycles. The van der Waals surface area contributed by atoms with Gasteiger partial charge in [-0.15, -0.1) is 12.4 Å². The van der Waals surface area contributed by atoms with Crippen molar-refractivity contribution in [3.8, 4) is 11.4 Å². The van der Waals surface area contributed by atoms with Crippen molar-refractivity contribution in [3.05, 3.63) is 51.3 Å². The van der Waals surface area contributed by atoms with Gasteiger partial charge in [-0.3, -0.25) is 14.4 Å². The van der Waals surface area contributed by atoms with Crippen molar-refractivity contribution < 1.29 is 33.8 Å². The number of aromatic nitrogens is 2. The Morgan fingerprint density at radius 2 is 1.96 bits per heavy atom. The molecule has 1 amide bonds. The van der Waals surface area contributed by atoms with Crippen molar-refractivity contribution in [3.63, 3.8) is 0 Å². The van der Waals surface area contributed by atoms with Crippen LogP contribution in [0.15, 0.2) is 34.1 Å². The number of carbonyl (C=O) groups is 4. The van der Waals surface area contributed by atoms with Crippen LogP contribution in [0.4, 0.5) is 11.4 Å². The van der Waals surface area contributed by atoms with Gasteiger partial charge >= 0.3 is 17.9 Å². The maximum absolute atomic E-state index is 14.1. The van der Waals surface area contributed by atoms with Gasteiger partial charge in [0.1, 0.15) is 12.6 Å². The van der Waals surface area contributed by atoms with Gasteiger partial charge in [-0.25, -0.2) is 19.6 Å². The number of benzene rings is 1. The van der Waals surface area contributed by atoms with E-state index in [1.807, 2.05) is 24.5 Å². The topological polar surface area (TPSA) is 196 Å². The number of carbonyl (C=O) groups excluding carboxylic acids is 3. The molecular formula is C34H39ClN6O8. The molecule has 0 unspecified atom stereocenters. The van der Waals surface area contributed by atoms with E-state index in [1.165, 1.54) is 6.92 Å². The van der Waals surface area contributed by atoms with Crippen molar-refractivity contribution in [2.24, 2.45) is 10.7 Å². The standard InChI is InChI=1S/C34H38N6O8.ClH/c1-4-6-7-13-39-17-36-22-9-8-10-23-27(22)29(39)19-15-40-25(28(19)37-23)14-21-20(31(40)43)16-47-33(46)34(21,5-2)48-26(41)12-11-24(32(44)45)38-30(42)18(3)35;/h8-10,14,17-18,24H,4-7,11-13,15-16,35H2,1-3H3,(H,38,42)(H,44,45);1H/t18-,24+,34-;/m0./s1. The number of cyclic esters (lactones) is 1. The molecule has 3 aromatic rings. The number of pyridine rings is 2. The van der Waals surface area contributed by atoms with Gasteiger partial charge in [0.15, 0.2) is 0 Å². The molecule has 49 heavy (non-hydrogen) atoms. The molecule has 0 radical (unpaired) electrons. The van der Waals surface area contributed by atoms with Gasteiger partial charge in [0.2, 0.25) is 11.5 Å². The van der Waals surface area contributed by atoms with Gasteiger partial charge in [-0.05, 0) is 44.4 Å². The van der Waals surface area contributed by atoms with Gasteiger partial charge < -0.3 is 35.1 Å². The van der Waals surface area contributed by atoms with E-state index in [0.29, 0.717) is 16.9 Å². The van der Waals surface area contributed by atoms with Crippen LogP contribution in [0.5, 0.6) is 0 Å². The fourth-order valence-corrected chi connectivity index (χ4v) is 6.63. The highest BCUT2D eigenvalue weighted by Crippen LogP contribution is 2.47. The van der Waals surface area contributed by atoms with Crippen molar-refractivity contribution in [2.45, 2.75) is 90.1 Å². The average molecular weight is 695 g/mol. The van der Waals surface area contributed by atoms with Crippen LogP contribution in [0.1, 0.15) is 76.0 Å². The fraction of sp³-hybridized carbons (Fsp3) is 0.441. The van der Waals surface area contributed by atoms with E-state index in [1.54, 1.807) is 17.6 Å². The van der Waals surface area contributed by atoms with Crippen LogP contribution in [0.25, 0.3) is 22.3 Å². The number of carboxylic acid groups (broad SMARTS) is 1. The van der Waals surface area contributed by atoms with Crippen molar-refractivity contribution in [2.75, 3.05) is 11.4 Å². The molecule has 0 spiro atoms. The molecule has 0 fully saturated rings. The van der Waals surface area contributed by atoms with Crippen LogP contribution < -0.4 is 21.5 Å². The highest BCUT2D eigenvalue weighted by Gasteiger charge is 2.50. The zero-order valence-electron chi connectivity index (χ0n) is 27.5. The summed E-state index contributed by atoms with van der Waals surface area (Å²) in [5.74, 6) is -3.78. The number of nitrogens with two attached hydrogens (primary N) is 1. The second-order valence-electron chi connectivity index (χ2n) is 12.4. The number of nitrogens with zero attached hydrogens (tertiary/aromatic N) is 4. The number of halogens is 1. The largest absolute Gasteiger partial charge is 0.480 e. The van der Waals surface area contributed by atoms with E-state index in [9.17, 15) is 29.1 Å². The number of unbranched alkanes of at least 4 members (excludes halogenated alkanes) is 2. The molecule has 4 N–H and O–H groups in total. The van der Waals surface area contributed by atoms with E-state index < -0.39 is 47.9 Å². The summed E-state index contributed by atoms with van der Waals surface area (Å²) in [5.41, 5.74) is 8.00. The monoisotopic (exact) mass is 694 g/mol. The molecule has 6 rings (SSSR count). The lowest BCUT2D eigenvalue weighted by molar-refractivity contribution is -0.189. The summed E-state index contributed by atoms with van der Waals surface area (Å²) in [5, 5.41) is 12.8. The van der Waals surface area contributed by atoms with E-state index in [0.717, 1.165) is 48.1 Å². The summed E-state index contributed by atoms with van der Waals surface area (Å²) in [4.78, 5) is 76.3. The lowest BCUT2D eigenvalue weighted by Gasteiger charge is -2.35. The Morgan fingerprint density at radius 3 is 2.65 bits per heavy atom. The first kappa shape index (κ1) is 35.5. The normalized spacial score (nSPS) is 18.0. The average Bonchev–Trinajstić information content (AvgIpc) is 3.43. The molecule has 14 nitrogen and oxygen atoms in total. The Balaban J connectivity index is 0.00000468. The van der Waals surface area contributed by atoms with Gasteiger partial charge in [0.25, 0.3) is 5.56 Å². The number of aliphatic imine (C=N–C) groups is 1. The van der Waals surface area contributed by atoms with Crippen LogP contribution in [-0.4, -0.2) is 63.4 Å². The number of rotatable bonds is 12. The predicted octanol–water partition coefficient (Wildman–Crippen LogP) is 3.42. The SMILES string of the molecule is CCCCCN1C=Nc2cccc3nc4c(c1c23)Cn1c-4cc2c(c1=O)COC(=O)[C@@]2(CC)OC(=O)CC[C@@H](NC(=O)[C@H](C)N)C(=O)O.Cl. The van der Waals surface area contributed by atoms with Gasteiger partial charge in [0, 0.05) is 24.1 Å². The first-order chi connectivity index (χ1) is 23.0. The summed E-state index contributed by atoms with van der Waals surface area (Å²) in [6.45, 7) is 5.88. The van der Waals surface area contributed by atoms with Crippen LogP contribution in [-0.2, 0) is 47.4 Å². The number of carboxylic acids is 1. The summed E-state index contributed by atoms with van der Waals surface area (Å²) in [7, 11) is 0. The second kappa shape index (κ2) is 14.0. The minimum Gasteiger partial charge on any atom is -0.480 e. The molecular weight excluding hydrogens is 656 g/mol. The van der Waals surface area contributed by atoms with Crippen molar-refractivity contribution in [1.29, 1.82) is 0 Å². The van der Waals surface area contributed by atoms with Crippen LogP contribution in [0.2, 0.25) is 0 Å². The minimum atomic E-state index is -1.95. The zero-order chi connectivity index (χ0) is 34.3. The molecule has 15 heteroatoms. The number of nitrogens with one attached hydrogen (secondary N) is 1. The Kier molecular flexibility index (Phi) is 10.1. The van der Waals surface area contributed by atoms with Crippen LogP contribution >= 0.6 is 12.4 Å². The predicted molar refractivity (Wildman–Crippen MR) is 183 cm³/mol. The van der Waals surface area contributed by atoms with E-state index >= 15 is 0 Å². The Hall–Kier alpha value is -4.82. The molecule has 0 saturated carbocycles. The summed E-state index contributed by atoms with van der Waals surface area (Å²) in [6.07, 6.45) is 4.10. The smallest absolute Gasteiger partial charge is 0.355 e. The third-order valence-corrected chi connectivity index (χ3v) is 9.21. The molecule has 5 heterocycles. The number of amides is 1. The van der Waals surface area contributed by atoms with Gasteiger partial charge in [-0.2, -0.15) is 0 Å². The Morgan fingerprint density at radius 1 is 1.18 bits per heavy atom. The molecule has 3 aliphatic rings. The summed E-state index contributed by atoms with van der Waals surface area (Å²) in [6, 6.07) is 5.06. The van der Waals surface area contributed by atoms with Crippen LogP contribution in [0, 0.1) is 0 Å². The van der Waals surface area contributed by atoms with E-state index in [-0.39, 0.29) is 55.1 Å². The molecule has 0 saturated heterocycles. The van der Waals surface area contributed by atoms with E-state index in [4.69, 9.17) is 20.2 Å². The third kappa shape index (κ3) is 6.14. The second-order valence-corrected chi connectivity index (χ2v) is 12.4. The molecule has 3 aliphatic heterocycles. The molecule has 3 atom stereocenters. The number of fused-ring (bicyclic) bond motifs is 5. The number of esters is 2. The molecule has 260 valence electrons. The highest BCUT2D eigenvalue weighted by atomic mass is 35.5. The highest BCUT2D eigenvalue weighted by molar-refractivity contribution is 6.11. The lowest BCUT2D eigenvalue weighted by atomic mass is 9.85. The van der Waals surface area contributed by atoms with Crippen molar-refractivity contribution >= 4 is 64.8 Å². The Bertz CT molecular complexity index is 1940. The van der Waals surface area contributed by atoms with Gasteiger partial charge in [0.05, 0.1) is 58.2 Å². The summed E-state index contributed by atoms with van der Waals surface area (Å²) >= 11 is 0.